The van der Waals surface area contributed by atoms with Gasteiger partial charge in [0.15, 0.2) is 0 Å². The molecule has 0 aliphatic carbocycles. The van der Waals surface area contributed by atoms with E-state index in [-0.39, 0.29) is 11.9 Å². The number of nitrogens with one attached hydrogen (secondary N) is 2. The third kappa shape index (κ3) is 3.66. The summed E-state index contributed by atoms with van der Waals surface area (Å²) < 4.78 is 0. The Hall–Kier alpha value is -1.35. The Morgan fingerprint density at radius 3 is 2.44 bits per heavy atom. The molecule has 3 nitrogen and oxygen atoms in total. The van der Waals surface area contributed by atoms with Crippen LogP contribution < -0.4 is 10.6 Å². The highest BCUT2D eigenvalue weighted by molar-refractivity contribution is 5.77. The number of rotatable bonds is 5. The predicted molar refractivity (Wildman–Crippen MR) is 66.3 cm³/mol. The first-order valence-corrected chi connectivity index (χ1v) is 5.68. The monoisotopic (exact) mass is 220 g/mol. The SMILES string of the molecule is CCC(NCC(=O)NC)c1ccc(C)cc1. The minimum atomic E-state index is 0.0190. The normalized spacial score (nSPS) is 12.2. The Morgan fingerprint density at radius 1 is 1.31 bits per heavy atom. The molecule has 1 rings (SSSR count). The molecule has 0 bridgehead atoms. The van der Waals surface area contributed by atoms with Gasteiger partial charge in [-0.25, -0.2) is 0 Å². The van der Waals surface area contributed by atoms with Crippen LogP contribution in [-0.4, -0.2) is 19.5 Å². The minimum absolute atomic E-state index is 0.0190. The van der Waals surface area contributed by atoms with E-state index in [9.17, 15) is 4.79 Å². The quantitative estimate of drug-likeness (QED) is 0.794. The van der Waals surface area contributed by atoms with Crippen molar-refractivity contribution in [3.8, 4) is 0 Å². The molecule has 1 atom stereocenters. The molecule has 1 aromatic carbocycles. The smallest absolute Gasteiger partial charge is 0.233 e. The van der Waals surface area contributed by atoms with Gasteiger partial charge in [0, 0.05) is 13.1 Å². The van der Waals surface area contributed by atoms with Crippen molar-refractivity contribution in [1.29, 1.82) is 0 Å². The molecule has 0 aliphatic heterocycles. The van der Waals surface area contributed by atoms with Crippen LogP contribution in [-0.2, 0) is 4.79 Å². The number of aryl methyl sites for hydroxylation is 1. The lowest BCUT2D eigenvalue weighted by Crippen LogP contribution is -2.33. The highest BCUT2D eigenvalue weighted by atomic mass is 16.1. The Kier molecular flexibility index (Phi) is 4.99. The summed E-state index contributed by atoms with van der Waals surface area (Å²) in [6.07, 6.45) is 0.972. The van der Waals surface area contributed by atoms with Gasteiger partial charge in [-0.2, -0.15) is 0 Å². The highest BCUT2D eigenvalue weighted by Gasteiger charge is 2.09. The Balaban J connectivity index is 2.60. The number of benzene rings is 1. The second-order valence-corrected chi connectivity index (χ2v) is 3.93. The van der Waals surface area contributed by atoms with E-state index in [4.69, 9.17) is 0 Å². The van der Waals surface area contributed by atoms with Gasteiger partial charge in [-0.05, 0) is 18.9 Å². The second-order valence-electron chi connectivity index (χ2n) is 3.93. The molecule has 2 N–H and O–H groups in total. The van der Waals surface area contributed by atoms with Gasteiger partial charge >= 0.3 is 0 Å². The van der Waals surface area contributed by atoms with E-state index in [2.05, 4.69) is 48.7 Å². The van der Waals surface area contributed by atoms with E-state index in [0.717, 1.165) is 6.42 Å². The van der Waals surface area contributed by atoms with Gasteiger partial charge in [0.05, 0.1) is 6.54 Å². The van der Waals surface area contributed by atoms with Gasteiger partial charge in [0.25, 0.3) is 0 Å². The van der Waals surface area contributed by atoms with Crippen LogP contribution in [0, 0.1) is 6.92 Å². The summed E-state index contributed by atoms with van der Waals surface area (Å²) in [5.41, 5.74) is 2.49. The Labute approximate surface area is 97.2 Å². The minimum Gasteiger partial charge on any atom is -0.358 e. The average Bonchev–Trinajstić information content (AvgIpc) is 2.31. The zero-order valence-electron chi connectivity index (χ0n) is 10.2. The molecule has 1 unspecified atom stereocenters. The van der Waals surface area contributed by atoms with E-state index >= 15 is 0 Å². The summed E-state index contributed by atoms with van der Waals surface area (Å²) in [6.45, 7) is 4.55. The molecule has 1 aromatic rings. The first-order valence-electron chi connectivity index (χ1n) is 5.68. The maximum absolute atomic E-state index is 11.1. The van der Waals surface area contributed by atoms with Crippen LogP contribution in [0.3, 0.4) is 0 Å². The van der Waals surface area contributed by atoms with Crippen LogP contribution in [0.15, 0.2) is 24.3 Å². The third-order valence-corrected chi connectivity index (χ3v) is 2.68. The largest absolute Gasteiger partial charge is 0.358 e. The molecule has 0 aliphatic rings. The standard InChI is InChI=1S/C13H20N2O/c1-4-12(15-9-13(16)14-3)11-7-5-10(2)6-8-11/h5-8,12,15H,4,9H2,1-3H3,(H,14,16). The first-order chi connectivity index (χ1) is 7.67. The Bertz CT molecular complexity index is 332. The average molecular weight is 220 g/mol. The van der Waals surface area contributed by atoms with Crippen LogP contribution in [0.5, 0.6) is 0 Å². The van der Waals surface area contributed by atoms with Crippen molar-refractivity contribution in [2.75, 3.05) is 13.6 Å². The van der Waals surface area contributed by atoms with Gasteiger partial charge in [-0.15, -0.1) is 0 Å². The fraction of sp³-hybridized carbons (Fsp3) is 0.462. The fourth-order valence-corrected chi connectivity index (χ4v) is 1.60. The topological polar surface area (TPSA) is 41.1 Å². The molecule has 1 amide bonds. The van der Waals surface area contributed by atoms with Crippen LogP contribution in [0.2, 0.25) is 0 Å². The highest BCUT2D eigenvalue weighted by Crippen LogP contribution is 2.16. The van der Waals surface area contributed by atoms with Crippen molar-refractivity contribution in [3.63, 3.8) is 0 Å². The van der Waals surface area contributed by atoms with Gasteiger partial charge < -0.3 is 10.6 Å². The van der Waals surface area contributed by atoms with Crippen LogP contribution in [0.1, 0.15) is 30.5 Å². The molecular formula is C13H20N2O. The van der Waals surface area contributed by atoms with E-state index in [1.54, 1.807) is 7.05 Å². The van der Waals surface area contributed by atoms with E-state index in [1.165, 1.54) is 11.1 Å². The third-order valence-electron chi connectivity index (χ3n) is 2.68. The molecule has 16 heavy (non-hydrogen) atoms. The molecule has 0 saturated heterocycles. The lowest BCUT2D eigenvalue weighted by atomic mass is 10.0. The number of likely N-dealkylation sites (N-methyl/N-ethyl adjacent to an activating group) is 1. The number of hydrogen-bond acceptors (Lipinski definition) is 2. The first kappa shape index (κ1) is 12.7. The lowest BCUT2D eigenvalue weighted by molar-refractivity contribution is -0.119. The molecule has 0 aromatic heterocycles. The van der Waals surface area contributed by atoms with Crippen molar-refractivity contribution in [2.24, 2.45) is 0 Å². The van der Waals surface area contributed by atoms with Crippen molar-refractivity contribution in [1.82, 2.24) is 10.6 Å². The Morgan fingerprint density at radius 2 is 1.94 bits per heavy atom. The maximum atomic E-state index is 11.1. The molecular weight excluding hydrogens is 200 g/mol. The summed E-state index contributed by atoms with van der Waals surface area (Å²) in [6, 6.07) is 8.66. The van der Waals surface area contributed by atoms with Gasteiger partial charge in [-0.1, -0.05) is 36.8 Å². The van der Waals surface area contributed by atoms with Gasteiger partial charge in [0.1, 0.15) is 0 Å². The molecule has 0 fully saturated rings. The molecule has 88 valence electrons. The molecule has 3 heteroatoms. The van der Waals surface area contributed by atoms with Crippen LogP contribution >= 0.6 is 0 Å². The maximum Gasteiger partial charge on any atom is 0.233 e. The zero-order valence-corrected chi connectivity index (χ0v) is 10.2. The van der Waals surface area contributed by atoms with Crippen molar-refractivity contribution in [2.45, 2.75) is 26.3 Å². The predicted octanol–water partition coefficient (Wildman–Crippen LogP) is 1.78. The summed E-state index contributed by atoms with van der Waals surface area (Å²) in [5.74, 6) is 0.0190. The number of amides is 1. The summed E-state index contributed by atoms with van der Waals surface area (Å²) in [7, 11) is 1.65. The van der Waals surface area contributed by atoms with Crippen molar-refractivity contribution in [3.05, 3.63) is 35.4 Å². The zero-order chi connectivity index (χ0) is 12.0. The molecule has 0 radical (unpaired) electrons. The molecule has 0 heterocycles. The summed E-state index contributed by atoms with van der Waals surface area (Å²) in [5, 5.41) is 5.85. The molecule has 0 spiro atoms. The number of hydrogen-bond donors (Lipinski definition) is 2. The number of carbonyl (C=O) groups excluding carboxylic acids is 1. The van der Waals surface area contributed by atoms with Crippen LogP contribution in [0.25, 0.3) is 0 Å². The summed E-state index contributed by atoms with van der Waals surface area (Å²) in [4.78, 5) is 11.1. The molecule has 0 saturated carbocycles. The van der Waals surface area contributed by atoms with Crippen molar-refractivity contribution >= 4 is 5.91 Å². The van der Waals surface area contributed by atoms with Crippen molar-refractivity contribution < 1.29 is 4.79 Å². The van der Waals surface area contributed by atoms with Gasteiger partial charge in [-0.3, -0.25) is 4.79 Å². The fourth-order valence-electron chi connectivity index (χ4n) is 1.60. The summed E-state index contributed by atoms with van der Waals surface area (Å²) >= 11 is 0. The number of carbonyl (C=O) groups is 1. The van der Waals surface area contributed by atoms with E-state index in [1.807, 2.05) is 0 Å². The second kappa shape index (κ2) is 6.28. The van der Waals surface area contributed by atoms with Crippen LogP contribution in [0.4, 0.5) is 0 Å². The van der Waals surface area contributed by atoms with E-state index in [0.29, 0.717) is 6.54 Å². The lowest BCUT2D eigenvalue weighted by Gasteiger charge is -2.17. The van der Waals surface area contributed by atoms with E-state index < -0.39 is 0 Å². The van der Waals surface area contributed by atoms with Gasteiger partial charge in [0.2, 0.25) is 5.91 Å².